The zero-order chi connectivity index (χ0) is 14.9. The second-order valence-corrected chi connectivity index (χ2v) is 6.36. The third-order valence-corrected chi connectivity index (χ3v) is 4.68. The van der Waals surface area contributed by atoms with E-state index in [0.717, 1.165) is 44.8 Å². The van der Waals surface area contributed by atoms with Crippen LogP contribution in [0.3, 0.4) is 0 Å². The number of carbonyl (C=O) groups is 1. The van der Waals surface area contributed by atoms with Crippen molar-refractivity contribution >= 4 is 5.91 Å². The highest BCUT2D eigenvalue weighted by molar-refractivity contribution is 5.78. The van der Waals surface area contributed by atoms with Crippen LogP contribution in [-0.2, 0) is 9.53 Å². The molecule has 0 aromatic heterocycles. The average molecular weight is 294 g/mol. The van der Waals surface area contributed by atoms with E-state index in [2.05, 4.69) is 22.4 Å². The zero-order valence-corrected chi connectivity index (χ0v) is 13.4. The molecule has 1 N–H and O–H groups in total. The second kappa shape index (κ2) is 9.21. The zero-order valence-electron chi connectivity index (χ0n) is 13.4. The molecule has 0 radical (unpaired) electrons. The van der Waals surface area contributed by atoms with Gasteiger partial charge < -0.3 is 15.0 Å². The molecule has 2 aliphatic rings. The molecule has 0 aromatic rings. The fourth-order valence-electron chi connectivity index (χ4n) is 3.34. The fraction of sp³-hybridized carbons (Fsp3) is 0.824. The smallest absolute Gasteiger partial charge is 0.223 e. The Balaban J connectivity index is 1.61. The first-order valence-corrected chi connectivity index (χ1v) is 8.43. The highest BCUT2D eigenvalue weighted by atomic mass is 16.5. The molecule has 0 aromatic carbocycles. The number of methoxy groups -OCH3 is 1. The maximum absolute atomic E-state index is 12.1. The Hall–Kier alpha value is -0.870. The van der Waals surface area contributed by atoms with E-state index in [1.807, 2.05) is 0 Å². The molecule has 1 heterocycles. The molecule has 1 atom stereocenters. The largest absolute Gasteiger partial charge is 0.385 e. The highest BCUT2D eigenvalue weighted by Crippen LogP contribution is 2.23. The third kappa shape index (κ3) is 5.79. The summed E-state index contributed by atoms with van der Waals surface area (Å²) in [5.41, 5.74) is 0. The summed E-state index contributed by atoms with van der Waals surface area (Å²) in [5, 5.41) is 3.04. The number of carbonyl (C=O) groups excluding carboxylic acids is 1. The van der Waals surface area contributed by atoms with E-state index in [1.54, 1.807) is 7.11 Å². The van der Waals surface area contributed by atoms with Crippen LogP contribution in [0.25, 0.3) is 0 Å². The van der Waals surface area contributed by atoms with E-state index in [0.29, 0.717) is 6.61 Å². The molecular weight excluding hydrogens is 264 g/mol. The fourth-order valence-corrected chi connectivity index (χ4v) is 3.34. The van der Waals surface area contributed by atoms with Crippen LogP contribution in [0.2, 0.25) is 0 Å². The van der Waals surface area contributed by atoms with E-state index < -0.39 is 0 Å². The van der Waals surface area contributed by atoms with Crippen molar-refractivity contribution < 1.29 is 9.53 Å². The lowest BCUT2D eigenvalue weighted by molar-refractivity contribution is -0.126. The predicted octanol–water partition coefficient (Wildman–Crippen LogP) is 2.21. The van der Waals surface area contributed by atoms with Crippen molar-refractivity contribution in [1.29, 1.82) is 0 Å². The number of likely N-dealkylation sites (tertiary alicyclic amines) is 1. The van der Waals surface area contributed by atoms with Crippen molar-refractivity contribution in [3.8, 4) is 0 Å². The highest BCUT2D eigenvalue weighted by Gasteiger charge is 2.25. The molecule has 1 amide bonds. The molecule has 0 unspecified atom stereocenters. The molecule has 0 spiro atoms. The number of rotatable bonds is 7. The summed E-state index contributed by atoms with van der Waals surface area (Å²) >= 11 is 0. The second-order valence-electron chi connectivity index (χ2n) is 6.36. The summed E-state index contributed by atoms with van der Waals surface area (Å²) in [6, 6.07) is 0. The van der Waals surface area contributed by atoms with E-state index >= 15 is 0 Å². The summed E-state index contributed by atoms with van der Waals surface area (Å²) in [5.74, 6) is 1.29. The van der Waals surface area contributed by atoms with Crippen LogP contribution < -0.4 is 5.32 Å². The van der Waals surface area contributed by atoms with Crippen molar-refractivity contribution in [2.45, 2.75) is 38.5 Å². The first kappa shape index (κ1) is 16.5. The number of amides is 1. The number of hydrogen-bond donors (Lipinski definition) is 1. The Morgan fingerprint density at radius 2 is 2.10 bits per heavy atom. The molecule has 4 heteroatoms. The SMILES string of the molecule is COCCCNC(=O)C1CCN(C[C@@H]2CC=CCC2)CC1. The van der Waals surface area contributed by atoms with E-state index in [9.17, 15) is 4.79 Å². The van der Waals surface area contributed by atoms with Crippen molar-refractivity contribution in [1.82, 2.24) is 10.2 Å². The summed E-state index contributed by atoms with van der Waals surface area (Å²) in [6.45, 7) is 4.83. The monoisotopic (exact) mass is 294 g/mol. The van der Waals surface area contributed by atoms with Gasteiger partial charge in [-0.3, -0.25) is 4.79 Å². The van der Waals surface area contributed by atoms with Crippen molar-refractivity contribution in [2.24, 2.45) is 11.8 Å². The number of hydrogen-bond acceptors (Lipinski definition) is 3. The summed E-state index contributed by atoms with van der Waals surface area (Å²) < 4.78 is 4.99. The Kier molecular flexibility index (Phi) is 7.24. The Morgan fingerprint density at radius 3 is 2.76 bits per heavy atom. The number of allylic oxidation sites excluding steroid dienone is 2. The molecule has 1 fully saturated rings. The number of piperidine rings is 1. The lowest BCUT2D eigenvalue weighted by Crippen LogP contribution is -2.42. The molecular formula is C17H30N2O2. The van der Waals surface area contributed by atoms with Crippen LogP contribution in [-0.4, -0.2) is 50.7 Å². The van der Waals surface area contributed by atoms with E-state index in [1.165, 1.54) is 25.8 Å². The van der Waals surface area contributed by atoms with E-state index in [-0.39, 0.29) is 11.8 Å². The van der Waals surface area contributed by atoms with Crippen molar-refractivity contribution in [2.75, 3.05) is 39.9 Å². The molecule has 4 nitrogen and oxygen atoms in total. The first-order valence-electron chi connectivity index (χ1n) is 8.43. The van der Waals surface area contributed by atoms with Gasteiger partial charge in [0.15, 0.2) is 0 Å². The van der Waals surface area contributed by atoms with Gasteiger partial charge >= 0.3 is 0 Å². The predicted molar refractivity (Wildman–Crippen MR) is 85.1 cm³/mol. The summed E-state index contributed by atoms with van der Waals surface area (Å²) in [4.78, 5) is 14.6. The van der Waals surface area contributed by atoms with Gasteiger partial charge in [0.2, 0.25) is 5.91 Å². The molecule has 0 bridgehead atoms. The minimum atomic E-state index is 0.218. The van der Waals surface area contributed by atoms with Gasteiger partial charge in [-0.15, -0.1) is 0 Å². The van der Waals surface area contributed by atoms with Gasteiger partial charge in [-0.2, -0.15) is 0 Å². The maximum Gasteiger partial charge on any atom is 0.223 e. The quantitative estimate of drug-likeness (QED) is 0.578. The molecule has 1 saturated heterocycles. The normalized spacial score (nSPS) is 24.1. The molecule has 1 aliphatic carbocycles. The van der Waals surface area contributed by atoms with Crippen molar-refractivity contribution in [3.63, 3.8) is 0 Å². The lowest BCUT2D eigenvalue weighted by Gasteiger charge is -2.34. The summed E-state index contributed by atoms with van der Waals surface area (Å²) in [6.07, 6.45) is 11.4. The standard InChI is InChI=1S/C17H30N2O2/c1-21-13-5-10-18-17(20)16-8-11-19(12-9-16)14-15-6-3-2-4-7-15/h2-3,15-16H,4-14H2,1H3,(H,18,20)/t15-/m1/s1. The minimum Gasteiger partial charge on any atom is -0.385 e. The number of nitrogens with zero attached hydrogens (tertiary/aromatic N) is 1. The molecule has 2 rings (SSSR count). The average Bonchev–Trinajstić information content (AvgIpc) is 2.53. The van der Waals surface area contributed by atoms with Gasteiger partial charge in [0.1, 0.15) is 0 Å². The van der Waals surface area contributed by atoms with Gasteiger partial charge in [-0.1, -0.05) is 12.2 Å². The van der Waals surface area contributed by atoms with E-state index in [4.69, 9.17) is 4.74 Å². The van der Waals surface area contributed by atoms with Crippen LogP contribution in [0.4, 0.5) is 0 Å². The topological polar surface area (TPSA) is 41.6 Å². The van der Waals surface area contributed by atoms with Gasteiger partial charge in [0, 0.05) is 32.7 Å². The lowest BCUT2D eigenvalue weighted by atomic mass is 9.91. The molecule has 120 valence electrons. The Labute approximate surface area is 128 Å². The van der Waals surface area contributed by atoms with Crippen molar-refractivity contribution in [3.05, 3.63) is 12.2 Å². The van der Waals surface area contributed by atoms with Gasteiger partial charge in [0.05, 0.1) is 0 Å². The molecule has 1 aliphatic heterocycles. The number of nitrogens with one attached hydrogen (secondary N) is 1. The van der Waals surface area contributed by atoms with Crippen LogP contribution in [0.5, 0.6) is 0 Å². The molecule has 0 saturated carbocycles. The van der Waals surface area contributed by atoms with Gasteiger partial charge in [0.25, 0.3) is 0 Å². The summed E-state index contributed by atoms with van der Waals surface area (Å²) in [7, 11) is 1.69. The van der Waals surface area contributed by atoms with Crippen LogP contribution in [0, 0.1) is 11.8 Å². The third-order valence-electron chi connectivity index (χ3n) is 4.68. The van der Waals surface area contributed by atoms with Gasteiger partial charge in [-0.25, -0.2) is 0 Å². The first-order chi connectivity index (χ1) is 10.3. The molecule has 21 heavy (non-hydrogen) atoms. The maximum atomic E-state index is 12.1. The number of ether oxygens (including phenoxy) is 1. The van der Waals surface area contributed by atoms with Crippen LogP contribution in [0.15, 0.2) is 12.2 Å². The Morgan fingerprint density at radius 1 is 1.29 bits per heavy atom. The van der Waals surface area contributed by atoms with Gasteiger partial charge in [-0.05, 0) is 57.5 Å². The Bertz CT molecular complexity index is 336. The van der Waals surface area contributed by atoms with Crippen LogP contribution in [0.1, 0.15) is 38.5 Å². The minimum absolute atomic E-state index is 0.218. The van der Waals surface area contributed by atoms with Crippen LogP contribution >= 0.6 is 0 Å².